The first kappa shape index (κ1) is 22.6. The molecule has 170 valence electrons. The molecule has 7 nitrogen and oxygen atoms in total. The molecule has 1 aromatic heterocycles. The van der Waals surface area contributed by atoms with Gasteiger partial charge >= 0.3 is 12.1 Å². The van der Waals surface area contributed by atoms with E-state index in [-0.39, 0.29) is 19.1 Å². The van der Waals surface area contributed by atoms with Gasteiger partial charge in [-0.25, -0.2) is 9.59 Å². The van der Waals surface area contributed by atoms with E-state index >= 15 is 0 Å². The summed E-state index contributed by atoms with van der Waals surface area (Å²) in [6, 6.07) is 8.66. The number of carboxylic acid groups (broad SMARTS) is 1. The van der Waals surface area contributed by atoms with Crippen molar-refractivity contribution in [3.63, 3.8) is 0 Å². The molecule has 1 saturated heterocycles. The van der Waals surface area contributed by atoms with Crippen molar-refractivity contribution in [3.8, 4) is 0 Å². The van der Waals surface area contributed by atoms with Gasteiger partial charge < -0.3 is 9.84 Å². The molecule has 0 spiro atoms. The highest BCUT2D eigenvalue weighted by Crippen LogP contribution is 2.37. The second-order valence-corrected chi connectivity index (χ2v) is 9.75. The number of rotatable bonds is 2. The van der Waals surface area contributed by atoms with Crippen molar-refractivity contribution in [1.29, 1.82) is 0 Å². The van der Waals surface area contributed by atoms with Gasteiger partial charge in [-0.05, 0) is 68.5 Å². The number of hydrogen-bond donors (Lipinski definition) is 1. The molecule has 2 aromatic rings. The highest BCUT2D eigenvalue weighted by Gasteiger charge is 2.41. The van der Waals surface area contributed by atoms with Crippen LogP contribution in [0.4, 0.5) is 4.79 Å². The van der Waals surface area contributed by atoms with Crippen LogP contribution in [0.1, 0.15) is 49.2 Å². The summed E-state index contributed by atoms with van der Waals surface area (Å²) in [6.07, 6.45) is 2.85. The topological polar surface area (TPSA) is 83.0 Å². The molecule has 2 heterocycles. The SMILES string of the molecule is CC(C)(C)OC(=O)N1CCN([C@H]2c3ccc(Cl)cc3CCc3cccnc32)C[C@@H]1C(=O)O. The van der Waals surface area contributed by atoms with E-state index in [2.05, 4.69) is 11.0 Å². The normalized spacial score (nSPS) is 21.3. The fourth-order valence-electron chi connectivity index (χ4n) is 4.54. The average molecular weight is 458 g/mol. The van der Waals surface area contributed by atoms with Gasteiger partial charge in [0.25, 0.3) is 0 Å². The number of ether oxygens (including phenoxy) is 1. The second kappa shape index (κ2) is 8.71. The molecule has 1 aliphatic carbocycles. The molecule has 1 N–H and O–H groups in total. The third kappa shape index (κ3) is 4.59. The van der Waals surface area contributed by atoms with Crippen molar-refractivity contribution >= 4 is 23.7 Å². The lowest BCUT2D eigenvalue weighted by atomic mass is 9.95. The second-order valence-electron chi connectivity index (χ2n) is 9.32. The van der Waals surface area contributed by atoms with Gasteiger partial charge in [0.2, 0.25) is 0 Å². The van der Waals surface area contributed by atoms with Crippen molar-refractivity contribution in [2.75, 3.05) is 19.6 Å². The number of hydrogen-bond acceptors (Lipinski definition) is 5. The van der Waals surface area contributed by atoms with Crippen molar-refractivity contribution in [3.05, 3.63) is 63.9 Å². The van der Waals surface area contributed by atoms with Crippen LogP contribution < -0.4 is 0 Å². The van der Waals surface area contributed by atoms with E-state index in [4.69, 9.17) is 21.3 Å². The largest absolute Gasteiger partial charge is 0.480 e. The number of piperazine rings is 1. The van der Waals surface area contributed by atoms with Crippen LogP contribution in [0.2, 0.25) is 5.02 Å². The van der Waals surface area contributed by atoms with Crippen molar-refractivity contribution in [2.24, 2.45) is 0 Å². The number of carboxylic acids is 1. The number of pyridine rings is 1. The molecular formula is C24H28ClN3O4. The molecule has 0 bridgehead atoms. The van der Waals surface area contributed by atoms with Crippen LogP contribution in [0, 0.1) is 0 Å². The molecule has 32 heavy (non-hydrogen) atoms. The van der Waals surface area contributed by atoms with E-state index in [0.29, 0.717) is 11.6 Å². The zero-order valence-electron chi connectivity index (χ0n) is 18.5. The van der Waals surface area contributed by atoms with Crippen molar-refractivity contribution in [1.82, 2.24) is 14.8 Å². The van der Waals surface area contributed by atoms with E-state index in [1.165, 1.54) is 4.90 Å². The van der Waals surface area contributed by atoms with Gasteiger partial charge in [-0.3, -0.25) is 14.8 Å². The van der Waals surface area contributed by atoms with Gasteiger partial charge in [-0.15, -0.1) is 0 Å². The predicted molar refractivity (Wildman–Crippen MR) is 121 cm³/mol. The summed E-state index contributed by atoms with van der Waals surface area (Å²) >= 11 is 6.28. The van der Waals surface area contributed by atoms with Gasteiger partial charge in [0.05, 0.1) is 11.7 Å². The van der Waals surface area contributed by atoms with Crippen LogP contribution in [0.5, 0.6) is 0 Å². The molecule has 2 atom stereocenters. The molecule has 1 aliphatic heterocycles. The van der Waals surface area contributed by atoms with Gasteiger partial charge in [-0.1, -0.05) is 23.7 Å². The van der Waals surface area contributed by atoms with Crippen LogP contribution in [0.3, 0.4) is 0 Å². The molecule has 4 rings (SSSR count). The minimum absolute atomic E-state index is 0.178. The number of benzene rings is 1. The third-order valence-electron chi connectivity index (χ3n) is 5.94. The molecule has 0 unspecified atom stereocenters. The molecule has 1 fully saturated rings. The van der Waals surface area contributed by atoms with Crippen molar-refractivity contribution < 1.29 is 19.4 Å². The molecular weight excluding hydrogens is 430 g/mol. The van der Waals surface area contributed by atoms with E-state index in [1.807, 2.05) is 24.3 Å². The van der Waals surface area contributed by atoms with Gasteiger partial charge in [0.15, 0.2) is 0 Å². The number of aliphatic carboxylic acids is 1. The summed E-state index contributed by atoms with van der Waals surface area (Å²) in [6.45, 7) is 6.25. The summed E-state index contributed by atoms with van der Waals surface area (Å²) < 4.78 is 5.46. The Labute approximate surface area is 192 Å². The minimum atomic E-state index is -1.05. The highest BCUT2D eigenvalue weighted by atomic mass is 35.5. The molecule has 2 aliphatic rings. The molecule has 0 saturated carbocycles. The third-order valence-corrected chi connectivity index (χ3v) is 6.17. The lowest BCUT2D eigenvalue weighted by molar-refractivity contribution is -0.146. The lowest BCUT2D eigenvalue weighted by Gasteiger charge is -2.43. The Morgan fingerprint density at radius 2 is 1.91 bits per heavy atom. The quantitative estimate of drug-likeness (QED) is 0.735. The minimum Gasteiger partial charge on any atom is -0.480 e. The maximum Gasteiger partial charge on any atom is 0.411 e. The molecule has 8 heteroatoms. The summed E-state index contributed by atoms with van der Waals surface area (Å²) in [5.74, 6) is -1.05. The van der Waals surface area contributed by atoms with Crippen LogP contribution in [-0.4, -0.2) is 63.2 Å². The number of halogens is 1. The van der Waals surface area contributed by atoms with Crippen LogP contribution in [0.25, 0.3) is 0 Å². The molecule has 1 amide bonds. The van der Waals surface area contributed by atoms with E-state index in [9.17, 15) is 14.7 Å². The molecule has 1 aromatic carbocycles. The Bertz CT molecular complexity index is 1040. The number of aryl methyl sites for hydroxylation is 2. The van der Waals surface area contributed by atoms with Gasteiger partial charge in [0, 0.05) is 30.9 Å². The Balaban J connectivity index is 1.70. The van der Waals surface area contributed by atoms with E-state index < -0.39 is 23.7 Å². The van der Waals surface area contributed by atoms with Gasteiger partial charge in [-0.2, -0.15) is 0 Å². The summed E-state index contributed by atoms with van der Waals surface area (Å²) in [5.41, 5.74) is 3.61. The van der Waals surface area contributed by atoms with E-state index in [0.717, 1.165) is 35.2 Å². The number of nitrogens with zero attached hydrogens (tertiary/aromatic N) is 3. The van der Waals surface area contributed by atoms with Crippen LogP contribution in [-0.2, 0) is 22.4 Å². The zero-order chi connectivity index (χ0) is 23.0. The van der Waals surface area contributed by atoms with Gasteiger partial charge in [0.1, 0.15) is 11.6 Å². The number of amides is 1. The lowest BCUT2D eigenvalue weighted by Crippen LogP contribution is -2.59. The number of carbonyl (C=O) groups excluding carboxylic acids is 1. The smallest absolute Gasteiger partial charge is 0.411 e. The standard InChI is InChI=1S/C24H28ClN3O4/c1-24(2,3)32-23(31)28-12-11-27(14-19(28)22(29)30)21-18-9-8-17(25)13-16(18)7-6-15-5-4-10-26-20(15)21/h4-5,8-10,13,19,21H,6-7,11-12,14H2,1-3H3,(H,29,30)/t19-,21+/m1/s1. The van der Waals surface area contributed by atoms with E-state index in [1.54, 1.807) is 27.0 Å². The summed E-state index contributed by atoms with van der Waals surface area (Å²) in [5, 5.41) is 10.6. The first-order valence-electron chi connectivity index (χ1n) is 10.8. The number of fused-ring (bicyclic) bond motifs is 2. The van der Waals surface area contributed by atoms with Crippen molar-refractivity contribution in [2.45, 2.75) is 51.3 Å². The zero-order valence-corrected chi connectivity index (χ0v) is 19.3. The number of aromatic nitrogens is 1. The summed E-state index contributed by atoms with van der Waals surface area (Å²) in [7, 11) is 0. The Morgan fingerprint density at radius 3 is 2.62 bits per heavy atom. The summed E-state index contributed by atoms with van der Waals surface area (Å²) in [4.78, 5) is 33.0. The highest BCUT2D eigenvalue weighted by molar-refractivity contribution is 6.30. The fraction of sp³-hybridized carbons (Fsp3) is 0.458. The Hall–Kier alpha value is -2.64. The fourth-order valence-corrected chi connectivity index (χ4v) is 4.74. The predicted octanol–water partition coefficient (Wildman–Crippen LogP) is 3.93. The Morgan fingerprint density at radius 1 is 1.16 bits per heavy atom. The van der Waals surface area contributed by atoms with Crippen LogP contribution in [0.15, 0.2) is 36.5 Å². The number of carbonyl (C=O) groups is 2. The monoisotopic (exact) mass is 457 g/mol. The first-order chi connectivity index (χ1) is 15.1. The molecule has 0 radical (unpaired) electrons. The van der Waals surface area contributed by atoms with Crippen LogP contribution >= 0.6 is 11.6 Å². The Kier molecular flexibility index (Phi) is 6.14. The maximum atomic E-state index is 12.7. The first-order valence-corrected chi connectivity index (χ1v) is 11.2. The average Bonchev–Trinajstić information content (AvgIpc) is 2.88. The maximum absolute atomic E-state index is 12.7.